The first-order chi connectivity index (χ1) is 13.7. The van der Waals surface area contributed by atoms with Crippen LogP contribution in [0.25, 0.3) is 5.57 Å². The van der Waals surface area contributed by atoms with E-state index in [1.165, 1.54) is 16.8 Å². The molecule has 4 heteroatoms. The lowest BCUT2D eigenvalue weighted by Crippen LogP contribution is -2.49. The number of benzene rings is 2. The molecule has 1 N–H and O–H groups in total. The molecule has 1 aliphatic rings. The van der Waals surface area contributed by atoms with Gasteiger partial charge in [0.1, 0.15) is 0 Å². The Bertz CT molecular complexity index is 956. The van der Waals surface area contributed by atoms with Crippen molar-refractivity contribution in [3.8, 4) is 0 Å². The molecule has 2 aromatic carbocycles. The van der Waals surface area contributed by atoms with Gasteiger partial charge in [-0.15, -0.1) is 0 Å². The SMILES string of the molecule is CC1=CC(C)(C)N(C(C)C)c2cc(C)c(/C=N\NC(=O)Cc3ccccc3)cc21. The van der Waals surface area contributed by atoms with Crippen molar-refractivity contribution in [2.24, 2.45) is 5.10 Å². The van der Waals surface area contributed by atoms with E-state index in [0.29, 0.717) is 12.5 Å². The summed E-state index contributed by atoms with van der Waals surface area (Å²) in [6.45, 7) is 13.2. The van der Waals surface area contributed by atoms with Crippen molar-refractivity contribution < 1.29 is 4.79 Å². The third-order valence-electron chi connectivity index (χ3n) is 5.38. The third-order valence-corrected chi connectivity index (χ3v) is 5.38. The number of hydrogen-bond donors (Lipinski definition) is 1. The Balaban J connectivity index is 1.81. The molecule has 1 aliphatic heterocycles. The molecular formula is C25H31N3O. The van der Waals surface area contributed by atoms with Crippen molar-refractivity contribution in [2.45, 2.75) is 59.5 Å². The number of hydrogen-bond acceptors (Lipinski definition) is 3. The number of amides is 1. The molecule has 0 saturated carbocycles. The standard InChI is InChI=1S/C25H31N3O/c1-17(2)28-23-12-18(3)21(14-22(23)19(4)15-25(28,5)6)16-26-27-24(29)13-20-10-8-7-9-11-20/h7-12,14-17H,13H2,1-6H3,(H,27,29)/b26-16-. The lowest BCUT2D eigenvalue weighted by atomic mass is 9.86. The van der Waals surface area contributed by atoms with Crippen LogP contribution in [0.5, 0.6) is 0 Å². The topological polar surface area (TPSA) is 44.7 Å². The molecule has 0 bridgehead atoms. The van der Waals surface area contributed by atoms with Crippen molar-refractivity contribution >= 4 is 23.4 Å². The highest BCUT2D eigenvalue weighted by Crippen LogP contribution is 2.41. The van der Waals surface area contributed by atoms with Crippen LogP contribution in [0.15, 0.2) is 53.6 Å². The van der Waals surface area contributed by atoms with Gasteiger partial charge in [0.05, 0.1) is 18.2 Å². The lowest BCUT2D eigenvalue weighted by molar-refractivity contribution is -0.120. The van der Waals surface area contributed by atoms with Gasteiger partial charge in [0.25, 0.3) is 0 Å². The van der Waals surface area contributed by atoms with Gasteiger partial charge in [-0.05, 0) is 75.9 Å². The number of hydrazone groups is 1. The number of carbonyl (C=O) groups is 1. The van der Waals surface area contributed by atoms with Gasteiger partial charge in [0.2, 0.25) is 5.91 Å². The Kier molecular flexibility index (Phi) is 5.92. The molecule has 0 aromatic heterocycles. The van der Waals surface area contributed by atoms with E-state index in [0.717, 1.165) is 16.7 Å². The Morgan fingerprint density at radius 1 is 1.17 bits per heavy atom. The molecular weight excluding hydrogens is 358 g/mol. The molecule has 1 amide bonds. The summed E-state index contributed by atoms with van der Waals surface area (Å²) in [5, 5.41) is 4.20. The molecule has 152 valence electrons. The maximum absolute atomic E-state index is 12.1. The first-order valence-corrected chi connectivity index (χ1v) is 10.2. The molecule has 0 spiro atoms. The zero-order chi connectivity index (χ0) is 21.2. The van der Waals surface area contributed by atoms with Crippen molar-refractivity contribution in [1.82, 2.24) is 5.43 Å². The number of anilines is 1. The molecule has 0 unspecified atom stereocenters. The van der Waals surface area contributed by atoms with Crippen molar-refractivity contribution in [1.29, 1.82) is 0 Å². The van der Waals surface area contributed by atoms with Crippen LogP contribution < -0.4 is 10.3 Å². The maximum Gasteiger partial charge on any atom is 0.244 e. The minimum atomic E-state index is -0.119. The Morgan fingerprint density at radius 3 is 2.52 bits per heavy atom. The first kappa shape index (κ1) is 20.8. The lowest BCUT2D eigenvalue weighted by Gasteiger charge is -2.46. The van der Waals surface area contributed by atoms with Crippen LogP contribution in [-0.4, -0.2) is 23.7 Å². The van der Waals surface area contributed by atoms with Gasteiger partial charge in [-0.2, -0.15) is 5.10 Å². The minimum absolute atomic E-state index is 0.0291. The number of rotatable bonds is 5. The normalized spacial score (nSPS) is 15.4. The summed E-state index contributed by atoms with van der Waals surface area (Å²) in [4.78, 5) is 14.6. The van der Waals surface area contributed by atoms with Gasteiger partial charge in [0.15, 0.2) is 0 Å². The predicted octanol–water partition coefficient (Wildman–Crippen LogP) is 5.10. The van der Waals surface area contributed by atoms with Crippen LogP contribution in [0.1, 0.15) is 56.9 Å². The van der Waals surface area contributed by atoms with E-state index in [9.17, 15) is 4.79 Å². The predicted molar refractivity (Wildman–Crippen MR) is 122 cm³/mol. The molecule has 0 radical (unpaired) electrons. The van der Waals surface area contributed by atoms with E-state index in [-0.39, 0.29) is 11.4 Å². The monoisotopic (exact) mass is 389 g/mol. The Hall–Kier alpha value is -2.88. The number of fused-ring (bicyclic) bond motifs is 1. The van der Waals surface area contributed by atoms with E-state index in [1.807, 2.05) is 30.3 Å². The van der Waals surface area contributed by atoms with E-state index in [2.05, 4.69) is 75.2 Å². The fraction of sp³-hybridized carbons (Fsp3) is 0.360. The number of aryl methyl sites for hydroxylation is 1. The van der Waals surface area contributed by atoms with Gasteiger partial charge in [-0.25, -0.2) is 5.43 Å². The summed E-state index contributed by atoms with van der Waals surface area (Å²) in [5.41, 5.74) is 9.49. The average molecular weight is 390 g/mol. The van der Waals surface area contributed by atoms with Gasteiger partial charge in [-0.1, -0.05) is 36.4 Å². The van der Waals surface area contributed by atoms with Crippen molar-refractivity contribution in [3.05, 3.63) is 70.8 Å². The summed E-state index contributed by atoms with van der Waals surface area (Å²) >= 11 is 0. The third kappa shape index (κ3) is 4.58. The summed E-state index contributed by atoms with van der Waals surface area (Å²) < 4.78 is 0. The number of nitrogens with zero attached hydrogens (tertiary/aromatic N) is 2. The summed E-state index contributed by atoms with van der Waals surface area (Å²) in [7, 11) is 0. The van der Waals surface area contributed by atoms with E-state index >= 15 is 0 Å². The second kappa shape index (κ2) is 8.24. The molecule has 3 rings (SSSR count). The highest BCUT2D eigenvalue weighted by molar-refractivity contribution is 5.90. The van der Waals surface area contributed by atoms with E-state index < -0.39 is 0 Å². The van der Waals surface area contributed by atoms with Gasteiger partial charge < -0.3 is 4.90 Å². The summed E-state index contributed by atoms with van der Waals surface area (Å²) in [5.74, 6) is -0.119. The van der Waals surface area contributed by atoms with Gasteiger partial charge in [-0.3, -0.25) is 4.79 Å². The van der Waals surface area contributed by atoms with Crippen LogP contribution in [0, 0.1) is 6.92 Å². The van der Waals surface area contributed by atoms with Crippen LogP contribution in [-0.2, 0) is 11.2 Å². The zero-order valence-corrected chi connectivity index (χ0v) is 18.3. The first-order valence-electron chi connectivity index (χ1n) is 10.2. The summed E-state index contributed by atoms with van der Waals surface area (Å²) in [6.07, 6.45) is 4.39. The molecule has 0 saturated heterocycles. The van der Waals surface area contributed by atoms with Crippen molar-refractivity contribution in [2.75, 3.05) is 4.90 Å². The Morgan fingerprint density at radius 2 is 1.86 bits per heavy atom. The molecule has 4 nitrogen and oxygen atoms in total. The quantitative estimate of drug-likeness (QED) is 0.571. The molecule has 2 aromatic rings. The largest absolute Gasteiger partial charge is 0.360 e. The number of carbonyl (C=O) groups excluding carboxylic acids is 1. The highest BCUT2D eigenvalue weighted by Gasteiger charge is 2.33. The number of nitrogens with one attached hydrogen (secondary N) is 1. The van der Waals surface area contributed by atoms with Gasteiger partial charge in [0, 0.05) is 17.3 Å². The van der Waals surface area contributed by atoms with E-state index in [4.69, 9.17) is 0 Å². The van der Waals surface area contributed by atoms with Crippen LogP contribution in [0.4, 0.5) is 5.69 Å². The molecule has 0 fully saturated rings. The fourth-order valence-corrected chi connectivity index (χ4v) is 4.29. The smallest absolute Gasteiger partial charge is 0.244 e. The van der Waals surface area contributed by atoms with E-state index in [1.54, 1.807) is 6.21 Å². The average Bonchev–Trinajstić information content (AvgIpc) is 2.62. The van der Waals surface area contributed by atoms with Gasteiger partial charge >= 0.3 is 0 Å². The molecule has 1 heterocycles. The van der Waals surface area contributed by atoms with Crippen LogP contribution >= 0.6 is 0 Å². The molecule has 0 aliphatic carbocycles. The fourth-order valence-electron chi connectivity index (χ4n) is 4.29. The summed E-state index contributed by atoms with van der Waals surface area (Å²) in [6, 6.07) is 14.5. The second-order valence-corrected chi connectivity index (χ2v) is 8.63. The number of allylic oxidation sites excluding steroid dienone is 1. The zero-order valence-electron chi connectivity index (χ0n) is 18.3. The van der Waals surface area contributed by atoms with Crippen LogP contribution in [0.2, 0.25) is 0 Å². The van der Waals surface area contributed by atoms with Crippen molar-refractivity contribution in [3.63, 3.8) is 0 Å². The molecule has 0 atom stereocenters. The second-order valence-electron chi connectivity index (χ2n) is 8.63. The molecule has 29 heavy (non-hydrogen) atoms. The Labute approximate surface area is 174 Å². The highest BCUT2D eigenvalue weighted by atomic mass is 16.2. The maximum atomic E-state index is 12.1. The minimum Gasteiger partial charge on any atom is -0.360 e. The van der Waals surface area contributed by atoms with Crippen LogP contribution in [0.3, 0.4) is 0 Å².